The summed E-state index contributed by atoms with van der Waals surface area (Å²) in [7, 11) is 0. The Morgan fingerprint density at radius 3 is 2.73 bits per heavy atom. The quantitative estimate of drug-likeness (QED) is 0.553. The number of rotatable bonds is 5. The van der Waals surface area contributed by atoms with Crippen LogP contribution in [0.1, 0.15) is 13.4 Å². The molecule has 1 rings (SSSR count). The molecule has 0 aliphatic carbocycles. The number of carboxylic acid groups (broad SMARTS) is 1. The summed E-state index contributed by atoms with van der Waals surface area (Å²) in [6.07, 6.45) is 0.0183. The molecule has 0 atom stereocenters. The van der Waals surface area contributed by atoms with Crippen LogP contribution in [0, 0.1) is 0 Å². The molecule has 0 bridgehead atoms. The molecule has 78 valence electrons. The Hall–Kier alpha value is -0.0600. The maximum Gasteiger partial charge on any atom is 1.00 e. The number of benzene rings is 1. The van der Waals surface area contributed by atoms with Crippen molar-refractivity contribution in [3.63, 3.8) is 0 Å². The Morgan fingerprint density at radius 1 is 1.47 bits per heavy atom. The molecule has 0 saturated carbocycles. The molecule has 15 heavy (non-hydrogen) atoms. The third kappa shape index (κ3) is 6.17. The molecule has 0 unspecified atom stereocenters. The molecule has 0 aliphatic heterocycles. The van der Waals surface area contributed by atoms with E-state index in [2.05, 4.69) is 0 Å². The van der Waals surface area contributed by atoms with Crippen LogP contribution >= 0.6 is 11.6 Å². The SMILES string of the molecule is O=C(O)CCOCc1ccccc1Cl.[H-].[Na+]. The standard InChI is InChI=1S/C10H11ClO3.Na.H/c11-9-4-2-1-3-8(9)7-14-6-5-10(12)13;;/h1-4H,5-7H2,(H,12,13);;/q;+1;-1. The van der Waals surface area contributed by atoms with Gasteiger partial charge in [-0.15, -0.1) is 0 Å². The van der Waals surface area contributed by atoms with Crippen molar-refractivity contribution in [3.8, 4) is 0 Å². The van der Waals surface area contributed by atoms with Gasteiger partial charge in [0.25, 0.3) is 0 Å². The predicted octanol–water partition coefficient (Wildman–Crippen LogP) is -0.552. The molecule has 3 nitrogen and oxygen atoms in total. The van der Waals surface area contributed by atoms with Gasteiger partial charge in [-0.3, -0.25) is 4.79 Å². The van der Waals surface area contributed by atoms with Crippen LogP contribution in [0.15, 0.2) is 24.3 Å². The molecule has 0 heterocycles. The zero-order chi connectivity index (χ0) is 10.4. The second-order valence-electron chi connectivity index (χ2n) is 2.79. The maximum absolute atomic E-state index is 10.2. The molecule has 0 amide bonds. The van der Waals surface area contributed by atoms with Crippen molar-refractivity contribution in [2.24, 2.45) is 0 Å². The monoisotopic (exact) mass is 238 g/mol. The van der Waals surface area contributed by atoms with Crippen molar-refractivity contribution in [2.75, 3.05) is 6.61 Å². The van der Waals surface area contributed by atoms with E-state index in [1.54, 1.807) is 6.07 Å². The summed E-state index contributed by atoms with van der Waals surface area (Å²) >= 11 is 5.87. The molecular formula is C10H12ClNaO3. The van der Waals surface area contributed by atoms with Crippen LogP contribution in [-0.4, -0.2) is 17.7 Å². The van der Waals surface area contributed by atoms with Gasteiger partial charge in [0.05, 0.1) is 19.6 Å². The third-order valence-corrected chi connectivity index (χ3v) is 2.04. The molecule has 1 aromatic rings. The smallest absolute Gasteiger partial charge is 1.00 e. The zero-order valence-corrected chi connectivity index (χ0v) is 11.3. The van der Waals surface area contributed by atoms with E-state index >= 15 is 0 Å². The first-order valence-corrected chi connectivity index (χ1v) is 4.61. The van der Waals surface area contributed by atoms with Crippen molar-refractivity contribution >= 4 is 17.6 Å². The van der Waals surface area contributed by atoms with E-state index in [0.29, 0.717) is 11.6 Å². The van der Waals surface area contributed by atoms with Gasteiger partial charge in [0.2, 0.25) is 0 Å². The van der Waals surface area contributed by atoms with Crippen LogP contribution in [0.2, 0.25) is 5.02 Å². The summed E-state index contributed by atoms with van der Waals surface area (Å²) in [5.74, 6) is -0.857. The fourth-order valence-corrected chi connectivity index (χ4v) is 1.15. The fraction of sp³-hybridized carbons (Fsp3) is 0.300. The number of ether oxygens (including phenoxy) is 1. The topological polar surface area (TPSA) is 46.5 Å². The average Bonchev–Trinajstić information content (AvgIpc) is 2.15. The van der Waals surface area contributed by atoms with Crippen molar-refractivity contribution in [1.29, 1.82) is 0 Å². The van der Waals surface area contributed by atoms with Gasteiger partial charge >= 0.3 is 35.5 Å². The van der Waals surface area contributed by atoms with Crippen molar-refractivity contribution in [1.82, 2.24) is 0 Å². The number of halogens is 1. The maximum atomic E-state index is 10.2. The van der Waals surface area contributed by atoms with Crippen LogP contribution in [-0.2, 0) is 16.1 Å². The van der Waals surface area contributed by atoms with Crippen LogP contribution in [0.3, 0.4) is 0 Å². The minimum atomic E-state index is -0.857. The summed E-state index contributed by atoms with van der Waals surface area (Å²) in [6.45, 7) is 0.563. The molecule has 0 spiro atoms. The van der Waals surface area contributed by atoms with E-state index < -0.39 is 5.97 Å². The predicted molar refractivity (Wildman–Crippen MR) is 54.5 cm³/mol. The van der Waals surface area contributed by atoms with E-state index in [-0.39, 0.29) is 44.0 Å². The molecule has 1 N–H and O–H groups in total. The minimum Gasteiger partial charge on any atom is -1.00 e. The van der Waals surface area contributed by atoms with E-state index in [9.17, 15) is 4.79 Å². The molecule has 5 heteroatoms. The number of hydrogen-bond donors (Lipinski definition) is 1. The van der Waals surface area contributed by atoms with Gasteiger partial charge in [0.15, 0.2) is 0 Å². The first-order chi connectivity index (χ1) is 6.70. The second-order valence-corrected chi connectivity index (χ2v) is 3.19. The summed E-state index contributed by atoms with van der Waals surface area (Å²) in [5.41, 5.74) is 0.875. The normalized spacial score (nSPS) is 9.40. The van der Waals surface area contributed by atoms with E-state index in [4.69, 9.17) is 21.4 Å². The van der Waals surface area contributed by atoms with Crippen molar-refractivity contribution in [3.05, 3.63) is 34.9 Å². The molecule has 0 fully saturated rings. The van der Waals surface area contributed by atoms with Crippen LogP contribution in [0.5, 0.6) is 0 Å². The Bertz CT molecular complexity index is 323. The largest absolute Gasteiger partial charge is 1.00 e. The summed E-state index contributed by atoms with van der Waals surface area (Å²) < 4.78 is 5.15. The second kappa shape index (κ2) is 8.13. The minimum absolute atomic E-state index is 0. The van der Waals surface area contributed by atoms with E-state index in [0.717, 1.165) is 5.56 Å². The Kier molecular flexibility index (Phi) is 8.10. The Balaban J connectivity index is 0. The number of aliphatic carboxylic acids is 1. The van der Waals surface area contributed by atoms with Gasteiger partial charge in [0.1, 0.15) is 0 Å². The summed E-state index contributed by atoms with van der Waals surface area (Å²) in [5, 5.41) is 9.00. The first-order valence-electron chi connectivity index (χ1n) is 4.23. The van der Waals surface area contributed by atoms with Gasteiger partial charge < -0.3 is 11.3 Å². The molecule has 0 radical (unpaired) electrons. The van der Waals surface area contributed by atoms with E-state index in [1.807, 2.05) is 18.2 Å². The van der Waals surface area contributed by atoms with Crippen LogP contribution < -0.4 is 29.6 Å². The summed E-state index contributed by atoms with van der Waals surface area (Å²) in [4.78, 5) is 10.2. The van der Waals surface area contributed by atoms with Crippen LogP contribution in [0.4, 0.5) is 0 Å². The Morgan fingerprint density at radius 2 is 2.13 bits per heavy atom. The van der Waals surface area contributed by atoms with Crippen molar-refractivity contribution < 1.29 is 45.6 Å². The molecule has 1 aromatic carbocycles. The number of carboxylic acids is 1. The van der Waals surface area contributed by atoms with Gasteiger partial charge in [0, 0.05) is 5.02 Å². The van der Waals surface area contributed by atoms with Gasteiger partial charge in [-0.05, 0) is 11.6 Å². The molecule has 0 saturated heterocycles. The first kappa shape index (κ1) is 14.9. The summed E-state index contributed by atoms with van der Waals surface area (Å²) in [6, 6.07) is 7.32. The van der Waals surface area contributed by atoms with Gasteiger partial charge in [-0.25, -0.2) is 0 Å². The fourth-order valence-electron chi connectivity index (χ4n) is 0.957. The third-order valence-electron chi connectivity index (χ3n) is 1.68. The molecule has 0 aliphatic rings. The average molecular weight is 239 g/mol. The van der Waals surface area contributed by atoms with Gasteiger partial charge in [-0.2, -0.15) is 0 Å². The molecule has 0 aromatic heterocycles. The van der Waals surface area contributed by atoms with Crippen LogP contribution in [0.25, 0.3) is 0 Å². The molecular weight excluding hydrogens is 227 g/mol. The van der Waals surface area contributed by atoms with E-state index in [1.165, 1.54) is 0 Å². The number of hydrogen-bond acceptors (Lipinski definition) is 2. The number of carbonyl (C=O) groups is 1. The van der Waals surface area contributed by atoms with Crippen molar-refractivity contribution in [2.45, 2.75) is 13.0 Å². The zero-order valence-electron chi connectivity index (χ0n) is 9.57. The van der Waals surface area contributed by atoms with Gasteiger partial charge in [-0.1, -0.05) is 29.8 Å². The Labute approximate surface area is 117 Å².